The van der Waals surface area contributed by atoms with Gasteiger partial charge in [-0.25, -0.2) is 9.78 Å². The van der Waals surface area contributed by atoms with Crippen molar-refractivity contribution in [2.24, 2.45) is 0 Å². The zero-order valence-electron chi connectivity index (χ0n) is 14.3. The molecule has 128 valence electrons. The summed E-state index contributed by atoms with van der Waals surface area (Å²) in [5.74, 6) is 0.833. The van der Waals surface area contributed by atoms with E-state index in [0.717, 1.165) is 11.4 Å². The van der Waals surface area contributed by atoms with Gasteiger partial charge in [-0.15, -0.1) is 0 Å². The second-order valence-corrected chi connectivity index (χ2v) is 5.51. The molecular formula is C17H23N5O2. The number of carbonyl (C=O) groups is 1. The number of urea groups is 1. The first-order valence-electron chi connectivity index (χ1n) is 7.67. The number of carbonyl (C=O) groups excluding carboxylic acids is 1. The van der Waals surface area contributed by atoms with E-state index in [1.54, 1.807) is 30.6 Å². The predicted molar refractivity (Wildman–Crippen MR) is 94.1 cm³/mol. The quantitative estimate of drug-likeness (QED) is 0.843. The number of aromatic nitrogens is 2. The van der Waals surface area contributed by atoms with Crippen molar-refractivity contribution in [2.45, 2.75) is 6.54 Å². The van der Waals surface area contributed by atoms with E-state index in [4.69, 9.17) is 4.74 Å². The molecule has 0 unspecified atom stereocenters. The summed E-state index contributed by atoms with van der Waals surface area (Å²) in [5, 5.41) is 2.87. The van der Waals surface area contributed by atoms with Crippen molar-refractivity contribution in [1.29, 1.82) is 0 Å². The minimum absolute atomic E-state index is 0.199. The summed E-state index contributed by atoms with van der Waals surface area (Å²) in [5.41, 5.74) is 1.61. The second kappa shape index (κ2) is 8.83. The van der Waals surface area contributed by atoms with E-state index < -0.39 is 0 Å². The number of amides is 2. The maximum Gasteiger partial charge on any atom is 0.322 e. The van der Waals surface area contributed by atoms with Crippen LogP contribution < -0.4 is 10.2 Å². The monoisotopic (exact) mass is 329 g/mol. The van der Waals surface area contributed by atoms with E-state index >= 15 is 0 Å². The van der Waals surface area contributed by atoms with Crippen LogP contribution in [-0.2, 0) is 11.3 Å². The van der Waals surface area contributed by atoms with Gasteiger partial charge >= 0.3 is 6.03 Å². The first kappa shape index (κ1) is 17.7. The van der Waals surface area contributed by atoms with Gasteiger partial charge in [0.15, 0.2) is 0 Å². The highest BCUT2D eigenvalue weighted by molar-refractivity contribution is 5.89. The summed E-state index contributed by atoms with van der Waals surface area (Å²) in [6.07, 6.45) is 5.10. The fourth-order valence-electron chi connectivity index (χ4n) is 2.09. The highest BCUT2D eigenvalue weighted by Gasteiger charge is 2.14. The summed E-state index contributed by atoms with van der Waals surface area (Å²) >= 11 is 0. The summed E-state index contributed by atoms with van der Waals surface area (Å²) in [6.45, 7) is 1.41. The minimum atomic E-state index is -0.199. The van der Waals surface area contributed by atoms with Crippen molar-refractivity contribution in [3.63, 3.8) is 0 Å². The third-order valence-electron chi connectivity index (χ3n) is 3.41. The van der Waals surface area contributed by atoms with Gasteiger partial charge in [0.05, 0.1) is 18.5 Å². The van der Waals surface area contributed by atoms with Gasteiger partial charge in [0, 0.05) is 46.7 Å². The molecule has 0 fully saturated rings. The van der Waals surface area contributed by atoms with Crippen LogP contribution in [0.1, 0.15) is 5.56 Å². The highest BCUT2D eigenvalue weighted by atomic mass is 16.5. The molecule has 0 atom stereocenters. The Bertz CT molecular complexity index is 631. The van der Waals surface area contributed by atoms with Gasteiger partial charge in [-0.3, -0.25) is 4.98 Å². The SMILES string of the molecule is COCCN(Cc1cccnc1)C(=O)Nc1ccc(N(C)C)nc1. The number of methoxy groups -OCH3 is 1. The normalized spacial score (nSPS) is 10.3. The van der Waals surface area contributed by atoms with E-state index in [-0.39, 0.29) is 6.03 Å². The summed E-state index contributed by atoms with van der Waals surface area (Å²) in [7, 11) is 5.45. The highest BCUT2D eigenvalue weighted by Crippen LogP contribution is 2.13. The molecule has 0 saturated carbocycles. The van der Waals surface area contributed by atoms with Crippen molar-refractivity contribution in [2.75, 3.05) is 44.6 Å². The van der Waals surface area contributed by atoms with Crippen LogP contribution in [0.25, 0.3) is 0 Å². The Kier molecular flexibility index (Phi) is 6.51. The van der Waals surface area contributed by atoms with E-state index in [1.807, 2.05) is 43.3 Å². The van der Waals surface area contributed by atoms with E-state index in [2.05, 4.69) is 15.3 Å². The molecule has 0 aliphatic heterocycles. The molecule has 2 rings (SSSR count). The molecule has 1 N–H and O–H groups in total. The Labute approximate surface area is 142 Å². The Morgan fingerprint density at radius 1 is 1.25 bits per heavy atom. The number of ether oxygens (including phenoxy) is 1. The van der Waals surface area contributed by atoms with Gasteiger partial charge in [0.25, 0.3) is 0 Å². The molecule has 0 spiro atoms. The Morgan fingerprint density at radius 3 is 2.67 bits per heavy atom. The van der Waals surface area contributed by atoms with Crippen molar-refractivity contribution in [3.8, 4) is 0 Å². The molecule has 2 aromatic heterocycles. The van der Waals surface area contributed by atoms with Crippen molar-refractivity contribution < 1.29 is 9.53 Å². The number of hydrogen-bond acceptors (Lipinski definition) is 5. The average molecular weight is 329 g/mol. The standard InChI is InChI=1S/C17H23N5O2/c1-21(2)16-7-6-15(12-19-16)20-17(23)22(9-10-24-3)13-14-5-4-8-18-11-14/h4-8,11-12H,9-10,13H2,1-3H3,(H,20,23). The van der Waals surface area contributed by atoms with Crippen LogP contribution in [-0.4, -0.2) is 55.3 Å². The minimum Gasteiger partial charge on any atom is -0.383 e. The topological polar surface area (TPSA) is 70.6 Å². The van der Waals surface area contributed by atoms with Gasteiger partial charge in [0.1, 0.15) is 5.82 Å². The summed E-state index contributed by atoms with van der Waals surface area (Å²) in [6, 6.07) is 7.28. The van der Waals surface area contributed by atoms with Gasteiger partial charge in [-0.05, 0) is 23.8 Å². The molecule has 0 radical (unpaired) electrons. The van der Waals surface area contributed by atoms with Crippen LogP contribution >= 0.6 is 0 Å². The molecule has 2 aromatic rings. The Balaban J connectivity index is 2.03. The fraction of sp³-hybridized carbons (Fsp3) is 0.353. The van der Waals surface area contributed by atoms with Crippen LogP contribution in [0.3, 0.4) is 0 Å². The van der Waals surface area contributed by atoms with E-state index in [9.17, 15) is 4.79 Å². The molecule has 7 heteroatoms. The maximum atomic E-state index is 12.5. The van der Waals surface area contributed by atoms with Crippen LogP contribution in [0.2, 0.25) is 0 Å². The molecule has 0 saturated heterocycles. The van der Waals surface area contributed by atoms with Crippen molar-refractivity contribution in [3.05, 3.63) is 48.4 Å². The lowest BCUT2D eigenvalue weighted by atomic mass is 10.2. The zero-order valence-corrected chi connectivity index (χ0v) is 14.3. The molecule has 2 heterocycles. The summed E-state index contributed by atoms with van der Waals surface area (Å²) < 4.78 is 5.10. The molecular weight excluding hydrogens is 306 g/mol. The number of hydrogen-bond donors (Lipinski definition) is 1. The van der Waals surface area contributed by atoms with Gasteiger partial charge < -0.3 is 19.9 Å². The lowest BCUT2D eigenvalue weighted by molar-refractivity contribution is 0.153. The largest absolute Gasteiger partial charge is 0.383 e. The maximum absolute atomic E-state index is 12.5. The zero-order chi connectivity index (χ0) is 17.4. The number of pyridine rings is 2. The Hall–Kier alpha value is -2.67. The second-order valence-electron chi connectivity index (χ2n) is 5.51. The molecule has 0 aromatic carbocycles. The Morgan fingerprint density at radius 2 is 2.08 bits per heavy atom. The van der Waals surface area contributed by atoms with Gasteiger partial charge in [-0.1, -0.05) is 6.07 Å². The number of nitrogens with zero attached hydrogens (tertiary/aromatic N) is 4. The third-order valence-corrected chi connectivity index (χ3v) is 3.41. The van der Waals surface area contributed by atoms with Crippen molar-refractivity contribution in [1.82, 2.24) is 14.9 Å². The number of nitrogens with one attached hydrogen (secondary N) is 1. The van der Waals surface area contributed by atoms with E-state index in [1.165, 1.54) is 0 Å². The predicted octanol–water partition coefficient (Wildman–Crippen LogP) is 2.22. The number of anilines is 2. The molecule has 2 amide bonds. The van der Waals surface area contributed by atoms with E-state index in [0.29, 0.717) is 25.4 Å². The van der Waals surface area contributed by atoms with Crippen LogP contribution in [0.15, 0.2) is 42.9 Å². The average Bonchev–Trinajstić information content (AvgIpc) is 2.60. The third kappa shape index (κ3) is 5.20. The smallest absolute Gasteiger partial charge is 0.322 e. The molecule has 7 nitrogen and oxygen atoms in total. The van der Waals surface area contributed by atoms with Gasteiger partial charge in [-0.2, -0.15) is 0 Å². The van der Waals surface area contributed by atoms with Crippen LogP contribution in [0.5, 0.6) is 0 Å². The molecule has 0 aliphatic rings. The van der Waals surface area contributed by atoms with Crippen LogP contribution in [0, 0.1) is 0 Å². The fourth-order valence-corrected chi connectivity index (χ4v) is 2.09. The molecule has 0 aliphatic carbocycles. The number of rotatable bonds is 7. The molecule has 24 heavy (non-hydrogen) atoms. The van der Waals surface area contributed by atoms with Crippen molar-refractivity contribution >= 4 is 17.5 Å². The summed E-state index contributed by atoms with van der Waals surface area (Å²) in [4.78, 5) is 24.5. The lowest BCUT2D eigenvalue weighted by Gasteiger charge is -2.23. The van der Waals surface area contributed by atoms with Gasteiger partial charge in [0.2, 0.25) is 0 Å². The lowest BCUT2D eigenvalue weighted by Crippen LogP contribution is -2.36. The first-order valence-corrected chi connectivity index (χ1v) is 7.67. The first-order chi connectivity index (χ1) is 11.6. The molecule has 0 bridgehead atoms. The van der Waals surface area contributed by atoms with Crippen LogP contribution in [0.4, 0.5) is 16.3 Å².